The highest BCUT2D eigenvalue weighted by Crippen LogP contribution is 2.23. The molecule has 1 aromatic rings. The summed E-state index contributed by atoms with van der Waals surface area (Å²) in [7, 11) is 0. The maximum absolute atomic E-state index is 11.9. The van der Waals surface area contributed by atoms with Crippen molar-refractivity contribution in [3.8, 4) is 0 Å². The van der Waals surface area contributed by atoms with E-state index >= 15 is 0 Å². The molecule has 1 atom stereocenters. The number of ketones is 1. The second-order valence-corrected chi connectivity index (χ2v) is 6.04. The van der Waals surface area contributed by atoms with Gasteiger partial charge in [0.15, 0.2) is 5.78 Å². The third-order valence-electron chi connectivity index (χ3n) is 2.68. The Labute approximate surface area is 113 Å². The largest absolute Gasteiger partial charge is 0.293 e. The Bertz CT molecular complexity index is 376. The standard InChI is InChI=1S/C14H18Cl2O/c1-14(2,3)11-6-4-10(5-7-11)13(17)12(16)8-9-15/h4-7,12H,8-9H2,1-3H3. The van der Waals surface area contributed by atoms with Gasteiger partial charge >= 0.3 is 0 Å². The van der Waals surface area contributed by atoms with E-state index in [-0.39, 0.29) is 11.2 Å². The molecule has 1 nitrogen and oxygen atoms in total. The zero-order valence-corrected chi connectivity index (χ0v) is 12.0. The second kappa shape index (κ2) is 5.88. The van der Waals surface area contributed by atoms with Crippen LogP contribution in [0.25, 0.3) is 0 Å². The molecule has 17 heavy (non-hydrogen) atoms. The van der Waals surface area contributed by atoms with Crippen LogP contribution in [0.5, 0.6) is 0 Å². The fraction of sp³-hybridized carbons (Fsp3) is 0.500. The molecule has 0 saturated carbocycles. The van der Waals surface area contributed by atoms with Crippen molar-refractivity contribution in [1.29, 1.82) is 0 Å². The van der Waals surface area contributed by atoms with Crippen molar-refractivity contribution in [3.63, 3.8) is 0 Å². The van der Waals surface area contributed by atoms with E-state index < -0.39 is 5.38 Å². The van der Waals surface area contributed by atoms with Crippen molar-refractivity contribution in [2.24, 2.45) is 0 Å². The Morgan fingerprint density at radius 2 is 1.76 bits per heavy atom. The molecule has 0 aromatic heterocycles. The van der Waals surface area contributed by atoms with E-state index in [2.05, 4.69) is 20.8 Å². The van der Waals surface area contributed by atoms with E-state index in [9.17, 15) is 4.79 Å². The smallest absolute Gasteiger partial charge is 0.180 e. The maximum Gasteiger partial charge on any atom is 0.180 e. The minimum atomic E-state index is -0.520. The summed E-state index contributed by atoms with van der Waals surface area (Å²) in [5.41, 5.74) is 1.96. The van der Waals surface area contributed by atoms with Crippen LogP contribution in [0.2, 0.25) is 0 Å². The number of Topliss-reactive ketones (excluding diaryl/α,β-unsaturated/α-hetero) is 1. The number of benzene rings is 1. The van der Waals surface area contributed by atoms with Crippen LogP contribution in [-0.4, -0.2) is 17.0 Å². The molecule has 1 unspecified atom stereocenters. The summed E-state index contributed by atoms with van der Waals surface area (Å²) in [6.07, 6.45) is 0.503. The highest BCUT2D eigenvalue weighted by Gasteiger charge is 2.18. The summed E-state index contributed by atoms with van der Waals surface area (Å²) in [6, 6.07) is 7.65. The predicted molar refractivity (Wildman–Crippen MR) is 74.5 cm³/mol. The fourth-order valence-electron chi connectivity index (χ4n) is 1.54. The van der Waals surface area contributed by atoms with Crippen LogP contribution < -0.4 is 0 Å². The van der Waals surface area contributed by atoms with Gasteiger partial charge in [-0.05, 0) is 17.4 Å². The maximum atomic E-state index is 11.9. The molecular formula is C14H18Cl2O. The molecule has 0 aliphatic rings. The molecule has 0 fully saturated rings. The second-order valence-electron chi connectivity index (χ2n) is 5.14. The summed E-state index contributed by atoms with van der Waals surface area (Å²) >= 11 is 11.5. The molecule has 94 valence electrons. The van der Waals surface area contributed by atoms with E-state index in [1.807, 2.05) is 24.3 Å². The fourth-order valence-corrected chi connectivity index (χ4v) is 2.11. The number of rotatable bonds is 4. The highest BCUT2D eigenvalue weighted by molar-refractivity contribution is 6.34. The van der Waals surface area contributed by atoms with Crippen LogP contribution in [0.15, 0.2) is 24.3 Å². The van der Waals surface area contributed by atoms with Gasteiger partial charge in [-0.15, -0.1) is 23.2 Å². The van der Waals surface area contributed by atoms with Crippen molar-refractivity contribution in [1.82, 2.24) is 0 Å². The molecule has 0 spiro atoms. The lowest BCUT2D eigenvalue weighted by Crippen LogP contribution is -2.16. The number of hydrogen-bond donors (Lipinski definition) is 0. The third-order valence-corrected chi connectivity index (χ3v) is 3.32. The van der Waals surface area contributed by atoms with Crippen LogP contribution in [0.1, 0.15) is 43.1 Å². The van der Waals surface area contributed by atoms with E-state index in [1.165, 1.54) is 5.56 Å². The van der Waals surface area contributed by atoms with Gasteiger partial charge in [0.2, 0.25) is 0 Å². The van der Waals surface area contributed by atoms with Crippen LogP contribution in [-0.2, 0) is 5.41 Å². The van der Waals surface area contributed by atoms with Crippen LogP contribution in [0.4, 0.5) is 0 Å². The molecule has 0 amide bonds. The average molecular weight is 273 g/mol. The van der Waals surface area contributed by atoms with Gasteiger partial charge in [0.05, 0.1) is 5.38 Å². The summed E-state index contributed by atoms with van der Waals surface area (Å²) < 4.78 is 0. The first-order valence-corrected chi connectivity index (χ1v) is 6.68. The lowest BCUT2D eigenvalue weighted by Gasteiger charge is -2.19. The lowest BCUT2D eigenvalue weighted by atomic mass is 9.86. The Balaban J connectivity index is 2.84. The number of hydrogen-bond acceptors (Lipinski definition) is 1. The Kier molecular flexibility index (Phi) is 5.03. The zero-order valence-electron chi connectivity index (χ0n) is 10.5. The van der Waals surface area contributed by atoms with Gasteiger partial charge in [-0.1, -0.05) is 45.0 Å². The number of carbonyl (C=O) groups is 1. The van der Waals surface area contributed by atoms with Gasteiger partial charge in [0.25, 0.3) is 0 Å². The SMILES string of the molecule is CC(C)(C)c1ccc(C(=O)C(Cl)CCCl)cc1. The molecule has 0 bridgehead atoms. The molecule has 0 aliphatic heterocycles. The van der Waals surface area contributed by atoms with Gasteiger partial charge in [-0.2, -0.15) is 0 Å². The molecule has 0 aliphatic carbocycles. The van der Waals surface area contributed by atoms with E-state index in [0.717, 1.165) is 0 Å². The highest BCUT2D eigenvalue weighted by atomic mass is 35.5. The number of halogens is 2. The first-order chi connectivity index (χ1) is 7.86. The molecule has 0 radical (unpaired) electrons. The van der Waals surface area contributed by atoms with Crippen molar-refractivity contribution in [2.45, 2.75) is 38.0 Å². The Morgan fingerprint density at radius 1 is 1.24 bits per heavy atom. The minimum Gasteiger partial charge on any atom is -0.293 e. The van der Waals surface area contributed by atoms with Gasteiger partial charge in [0, 0.05) is 11.4 Å². The Morgan fingerprint density at radius 3 is 2.18 bits per heavy atom. The van der Waals surface area contributed by atoms with Crippen LogP contribution in [0, 0.1) is 0 Å². The Hall–Kier alpha value is -0.530. The summed E-state index contributed by atoms with van der Waals surface area (Å²) in [4.78, 5) is 11.9. The summed E-state index contributed by atoms with van der Waals surface area (Å²) in [5.74, 6) is 0.354. The first kappa shape index (κ1) is 14.5. The summed E-state index contributed by atoms with van der Waals surface area (Å²) in [5, 5.41) is -0.520. The zero-order chi connectivity index (χ0) is 13.1. The van der Waals surface area contributed by atoms with Crippen LogP contribution in [0.3, 0.4) is 0 Å². The normalized spacial score (nSPS) is 13.5. The quantitative estimate of drug-likeness (QED) is 0.587. The minimum absolute atomic E-state index is 0.0484. The van der Waals surface area contributed by atoms with E-state index in [4.69, 9.17) is 23.2 Å². The van der Waals surface area contributed by atoms with Crippen molar-refractivity contribution in [3.05, 3.63) is 35.4 Å². The predicted octanol–water partition coefficient (Wildman–Crippen LogP) is 4.40. The van der Waals surface area contributed by atoms with Gasteiger partial charge in [-0.3, -0.25) is 4.79 Å². The monoisotopic (exact) mass is 272 g/mol. The van der Waals surface area contributed by atoms with Crippen molar-refractivity contribution >= 4 is 29.0 Å². The van der Waals surface area contributed by atoms with Gasteiger partial charge in [-0.25, -0.2) is 0 Å². The van der Waals surface area contributed by atoms with Crippen molar-refractivity contribution in [2.75, 3.05) is 5.88 Å². The first-order valence-electron chi connectivity index (χ1n) is 5.71. The van der Waals surface area contributed by atoms with Crippen molar-refractivity contribution < 1.29 is 4.79 Å². The number of carbonyl (C=O) groups excluding carboxylic acids is 1. The molecular weight excluding hydrogens is 255 g/mol. The van der Waals surface area contributed by atoms with Gasteiger partial charge < -0.3 is 0 Å². The van der Waals surface area contributed by atoms with Crippen LogP contribution >= 0.6 is 23.2 Å². The average Bonchev–Trinajstić information content (AvgIpc) is 2.27. The van der Waals surface area contributed by atoms with Gasteiger partial charge in [0.1, 0.15) is 0 Å². The molecule has 0 N–H and O–H groups in total. The van der Waals surface area contributed by atoms with E-state index in [1.54, 1.807) is 0 Å². The van der Waals surface area contributed by atoms with E-state index in [0.29, 0.717) is 17.9 Å². The molecule has 0 saturated heterocycles. The summed E-state index contributed by atoms with van der Waals surface area (Å²) in [6.45, 7) is 6.42. The molecule has 3 heteroatoms. The molecule has 1 aromatic carbocycles. The lowest BCUT2D eigenvalue weighted by molar-refractivity contribution is 0.0986. The number of alkyl halides is 2. The molecule has 0 heterocycles. The third kappa shape index (κ3) is 4.01. The topological polar surface area (TPSA) is 17.1 Å². The molecule has 1 rings (SSSR count).